The van der Waals surface area contributed by atoms with Gasteiger partial charge < -0.3 is 14.4 Å². The predicted molar refractivity (Wildman–Crippen MR) is 116 cm³/mol. The maximum atomic E-state index is 5.91. The molecule has 0 amide bonds. The van der Waals surface area contributed by atoms with E-state index in [-0.39, 0.29) is 0 Å². The van der Waals surface area contributed by atoms with Gasteiger partial charge in [0.2, 0.25) is 0 Å². The lowest BCUT2D eigenvalue weighted by Gasteiger charge is -2.38. The van der Waals surface area contributed by atoms with E-state index in [0.29, 0.717) is 23.6 Å². The Morgan fingerprint density at radius 2 is 1.61 bits per heavy atom. The van der Waals surface area contributed by atoms with Crippen LogP contribution in [0.2, 0.25) is 0 Å². The maximum absolute atomic E-state index is 5.91. The molecular formula is C20H31N5O2S. The number of benzene rings is 1. The summed E-state index contributed by atoms with van der Waals surface area (Å²) in [5.74, 6) is 2.35. The molecule has 0 unspecified atom stereocenters. The highest BCUT2D eigenvalue weighted by molar-refractivity contribution is 7.94. The summed E-state index contributed by atoms with van der Waals surface area (Å²) >= 11 is 1.41. The van der Waals surface area contributed by atoms with Crippen LogP contribution in [0.25, 0.3) is 10.9 Å². The van der Waals surface area contributed by atoms with E-state index in [1.807, 2.05) is 26.0 Å². The van der Waals surface area contributed by atoms with E-state index in [9.17, 15) is 0 Å². The fourth-order valence-electron chi connectivity index (χ4n) is 3.75. The first-order chi connectivity index (χ1) is 13.7. The van der Waals surface area contributed by atoms with Crippen molar-refractivity contribution in [3.63, 3.8) is 0 Å². The van der Waals surface area contributed by atoms with Crippen LogP contribution in [0.1, 0.15) is 39.5 Å². The summed E-state index contributed by atoms with van der Waals surface area (Å²) in [5.41, 5.74) is 0.867. The average molecular weight is 406 g/mol. The first kappa shape index (κ1) is 21.0. The molecule has 8 heteroatoms. The molecule has 1 saturated carbocycles. The summed E-state index contributed by atoms with van der Waals surface area (Å²) in [7, 11) is 3.28. The third kappa shape index (κ3) is 4.29. The molecule has 2 fully saturated rings. The van der Waals surface area contributed by atoms with Gasteiger partial charge in [0, 0.05) is 48.8 Å². The second-order valence-electron chi connectivity index (χ2n) is 6.84. The van der Waals surface area contributed by atoms with Gasteiger partial charge in [0.15, 0.2) is 11.5 Å². The number of rotatable bonds is 6. The Bertz CT molecular complexity index is 779. The standard InChI is InChI=1S/C18H25N5O2S.C2H6/c1-24-16-9-14-15(10-17(16)25-2)20-11-21-18(14)22-7-5-13(6-8-22)23(26-19)12-3-4-12;1-2/h9-13H,3-8,19H2,1-2H3;1-2H3. The molecule has 2 heterocycles. The number of ether oxygens (including phenoxy) is 2. The number of nitrogens with two attached hydrogens (primary N) is 1. The topological polar surface area (TPSA) is 76.7 Å². The summed E-state index contributed by atoms with van der Waals surface area (Å²) in [6, 6.07) is 5.11. The van der Waals surface area contributed by atoms with Crippen LogP contribution in [-0.4, -0.2) is 53.7 Å². The Labute approximate surface area is 171 Å². The normalized spacial score (nSPS) is 17.4. The second-order valence-corrected chi connectivity index (χ2v) is 7.47. The molecule has 1 aromatic heterocycles. The highest BCUT2D eigenvalue weighted by atomic mass is 32.2. The van der Waals surface area contributed by atoms with Crippen LogP contribution >= 0.6 is 12.1 Å². The van der Waals surface area contributed by atoms with E-state index in [0.717, 1.165) is 42.7 Å². The van der Waals surface area contributed by atoms with E-state index in [1.165, 1.54) is 25.0 Å². The van der Waals surface area contributed by atoms with E-state index >= 15 is 0 Å². The van der Waals surface area contributed by atoms with Gasteiger partial charge in [-0.3, -0.25) is 5.14 Å². The van der Waals surface area contributed by atoms with Crippen LogP contribution in [0.15, 0.2) is 18.5 Å². The number of anilines is 1. The number of aromatic nitrogens is 2. The molecule has 2 aromatic rings. The molecule has 0 radical (unpaired) electrons. The van der Waals surface area contributed by atoms with Crippen molar-refractivity contribution >= 4 is 28.9 Å². The molecule has 2 aliphatic rings. The van der Waals surface area contributed by atoms with Crippen molar-refractivity contribution in [3.05, 3.63) is 18.5 Å². The van der Waals surface area contributed by atoms with Gasteiger partial charge in [-0.15, -0.1) is 0 Å². The van der Waals surface area contributed by atoms with Crippen molar-refractivity contribution in [2.75, 3.05) is 32.2 Å². The minimum Gasteiger partial charge on any atom is -0.493 e. The Balaban J connectivity index is 0.00000109. The van der Waals surface area contributed by atoms with E-state index in [2.05, 4.69) is 19.2 Å². The maximum Gasteiger partial charge on any atom is 0.162 e. The van der Waals surface area contributed by atoms with E-state index in [1.54, 1.807) is 20.5 Å². The molecule has 0 bridgehead atoms. The molecule has 4 rings (SSSR count). The zero-order valence-electron chi connectivity index (χ0n) is 17.2. The molecule has 154 valence electrons. The van der Waals surface area contributed by atoms with Gasteiger partial charge in [-0.1, -0.05) is 13.8 Å². The van der Waals surface area contributed by atoms with Crippen molar-refractivity contribution in [2.45, 2.75) is 51.6 Å². The number of hydrogen-bond donors (Lipinski definition) is 1. The zero-order valence-corrected chi connectivity index (χ0v) is 18.0. The predicted octanol–water partition coefficient (Wildman–Crippen LogP) is 3.63. The summed E-state index contributed by atoms with van der Waals surface area (Å²) in [4.78, 5) is 11.3. The molecule has 28 heavy (non-hydrogen) atoms. The van der Waals surface area contributed by atoms with Crippen molar-refractivity contribution in [1.82, 2.24) is 14.3 Å². The number of fused-ring (bicyclic) bond motifs is 1. The minimum absolute atomic E-state index is 0.552. The Morgan fingerprint density at radius 1 is 1.00 bits per heavy atom. The van der Waals surface area contributed by atoms with Crippen molar-refractivity contribution < 1.29 is 9.47 Å². The third-order valence-electron chi connectivity index (χ3n) is 5.27. The molecular weight excluding hydrogens is 374 g/mol. The van der Waals surface area contributed by atoms with Crippen LogP contribution in [0.5, 0.6) is 11.5 Å². The molecule has 1 aromatic carbocycles. The smallest absolute Gasteiger partial charge is 0.162 e. The van der Waals surface area contributed by atoms with Gasteiger partial charge >= 0.3 is 0 Å². The molecule has 0 spiro atoms. The summed E-state index contributed by atoms with van der Waals surface area (Å²) < 4.78 is 13.3. The van der Waals surface area contributed by atoms with Crippen molar-refractivity contribution in [1.29, 1.82) is 0 Å². The molecule has 7 nitrogen and oxygen atoms in total. The Kier molecular flexibility index (Phi) is 7.20. The van der Waals surface area contributed by atoms with E-state index in [4.69, 9.17) is 14.6 Å². The summed E-state index contributed by atoms with van der Waals surface area (Å²) in [6.45, 7) is 5.93. The second kappa shape index (κ2) is 9.62. The van der Waals surface area contributed by atoms with E-state index < -0.39 is 0 Å². The molecule has 2 N–H and O–H groups in total. The van der Waals surface area contributed by atoms with Gasteiger partial charge in [-0.25, -0.2) is 14.3 Å². The van der Waals surface area contributed by atoms with Crippen LogP contribution in [0.3, 0.4) is 0 Å². The number of methoxy groups -OCH3 is 2. The fourth-order valence-corrected chi connectivity index (χ4v) is 4.52. The monoisotopic (exact) mass is 405 g/mol. The highest BCUT2D eigenvalue weighted by Crippen LogP contribution is 2.38. The van der Waals surface area contributed by atoms with Crippen LogP contribution in [0.4, 0.5) is 5.82 Å². The van der Waals surface area contributed by atoms with Gasteiger partial charge in [0.1, 0.15) is 12.1 Å². The zero-order chi connectivity index (χ0) is 20.1. The van der Waals surface area contributed by atoms with Crippen LogP contribution < -0.4 is 19.5 Å². The van der Waals surface area contributed by atoms with Gasteiger partial charge in [-0.05, 0) is 31.7 Å². The molecule has 1 saturated heterocycles. The summed E-state index contributed by atoms with van der Waals surface area (Å²) in [6.07, 6.45) is 6.38. The SMILES string of the molecule is CC.COc1cc2ncnc(N3CCC(N(SN)C4CC4)CC3)c2cc1OC. The number of hydrogen-bond acceptors (Lipinski definition) is 8. The fraction of sp³-hybridized carbons (Fsp3) is 0.600. The summed E-state index contributed by atoms with van der Waals surface area (Å²) in [5, 5.41) is 6.90. The van der Waals surface area contributed by atoms with Crippen LogP contribution in [0, 0.1) is 0 Å². The van der Waals surface area contributed by atoms with Crippen molar-refractivity contribution in [3.8, 4) is 11.5 Å². The lowest BCUT2D eigenvalue weighted by molar-refractivity contribution is 0.290. The largest absolute Gasteiger partial charge is 0.493 e. The van der Waals surface area contributed by atoms with Crippen molar-refractivity contribution in [2.24, 2.45) is 5.14 Å². The molecule has 0 atom stereocenters. The van der Waals surface area contributed by atoms with Gasteiger partial charge in [-0.2, -0.15) is 0 Å². The average Bonchev–Trinajstić information content (AvgIpc) is 3.60. The Morgan fingerprint density at radius 3 is 2.18 bits per heavy atom. The number of nitrogens with zero attached hydrogens (tertiary/aromatic N) is 4. The van der Waals surface area contributed by atoms with Crippen LogP contribution in [-0.2, 0) is 0 Å². The minimum atomic E-state index is 0.552. The first-order valence-electron chi connectivity index (χ1n) is 10.0. The number of piperidine rings is 1. The first-order valence-corrected chi connectivity index (χ1v) is 10.9. The molecule has 1 aliphatic heterocycles. The Hall–Kier alpha value is -1.77. The molecule has 1 aliphatic carbocycles. The van der Waals surface area contributed by atoms with Gasteiger partial charge in [0.25, 0.3) is 0 Å². The highest BCUT2D eigenvalue weighted by Gasteiger charge is 2.36. The lowest BCUT2D eigenvalue weighted by Crippen LogP contribution is -2.44. The third-order valence-corrected chi connectivity index (χ3v) is 6.11. The van der Waals surface area contributed by atoms with Gasteiger partial charge in [0.05, 0.1) is 19.7 Å². The quantitative estimate of drug-likeness (QED) is 0.730. The lowest BCUT2D eigenvalue weighted by atomic mass is 10.0.